The van der Waals surface area contributed by atoms with Gasteiger partial charge in [-0.05, 0) is 30.5 Å². The molecule has 0 spiro atoms. The van der Waals surface area contributed by atoms with Crippen molar-refractivity contribution < 1.29 is 4.79 Å². The Bertz CT molecular complexity index is 562. The molecule has 0 unspecified atom stereocenters. The van der Waals surface area contributed by atoms with Gasteiger partial charge in [0.25, 0.3) is 0 Å². The number of aryl methyl sites for hydroxylation is 1. The van der Waals surface area contributed by atoms with E-state index in [4.69, 9.17) is 11.6 Å². The summed E-state index contributed by atoms with van der Waals surface area (Å²) in [5.41, 5.74) is 1.93. The second kappa shape index (κ2) is 6.71. The Labute approximate surface area is 118 Å². The number of unbranched alkanes of at least 4 members (excludes halogenated alkanes) is 2. The first-order valence-electron chi connectivity index (χ1n) is 6.85. The molecule has 0 aliphatic heterocycles. The van der Waals surface area contributed by atoms with Crippen molar-refractivity contribution in [2.24, 2.45) is 0 Å². The summed E-state index contributed by atoms with van der Waals surface area (Å²) >= 11 is 5.84. The highest BCUT2D eigenvalue weighted by Gasteiger charge is 2.08. The zero-order valence-corrected chi connectivity index (χ0v) is 12.0. The van der Waals surface area contributed by atoms with Crippen molar-refractivity contribution in [3.8, 4) is 0 Å². The Morgan fingerprint density at radius 3 is 2.95 bits per heavy atom. The van der Waals surface area contributed by atoms with Crippen molar-refractivity contribution in [3.63, 3.8) is 0 Å². The quantitative estimate of drug-likeness (QED) is 0.606. The van der Waals surface area contributed by atoms with Crippen molar-refractivity contribution in [1.82, 2.24) is 9.97 Å². The van der Waals surface area contributed by atoms with Crippen LogP contribution < -0.4 is 0 Å². The molecule has 0 aliphatic rings. The number of Topliss-reactive ketones (excluding diaryl/α,β-unsaturated/α-hetero) is 1. The average molecular weight is 279 g/mol. The molecule has 2 heterocycles. The van der Waals surface area contributed by atoms with Gasteiger partial charge in [0.1, 0.15) is 16.6 Å². The van der Waals surface area contributed by atoms with Crippen molar-refractivity contribution in [1.29, 1.82) is 0 Å². The van der Waals surface area contributed by atoms with E-state index in [1.54, 1.807) is 6.07 Å². The van der Waals surface area contributed by atoms with Gasteiger partial charge < -0.3 is 4.98 Å². The fraction of sp³-hybridized carbons (Fsp3) is 0.467. The van der Waals surface area contributed by atoms with Gasteiger partial charge in [0, 0.05) is 24.4 Å². The molecule has 4 heteroatoms. The number of carbonyl (C=O) groups is 1. The monoisotopic (exact) mass is 278 g/mol. The topological polar surface area (TPSA) is 45.8 Å². The lowest BCUT2D eigenvalue weighted by molar-refractivity contribution is -0.119. The highest BCUT2D eigenvalue weighted by molar-refractivity contribution is 6.29. The van der Waals surface area contributed by atoms with E-state index in [9.17, 15) is 4.79 Å². The first-order chi connectivity index (χ1) is 9.20. The lowest BCUT2D eigenvalue weighted by Crippen LogP contribution is -1.99. The molecule has 0 radical (unpaired) electrons. The SMILES string of the molecule is CCCCCC(=O)CCc1c[nH]c2nc(Cl)ccc12. The van der Waals surface area contributed by atoms with Gasteiger partial charge in [0.05, 0.1) is 0 Å². The standard InChI is InChI=1S/C15H19ClN2O/c1-2-3-4-5-12(19)7-6-11-10-17-15-13(11)8-9-14(16)18-15/h8-10H,2-7H2,1H3,(H,17,18). The van der Waals surface area contributed by atoms with Crippen LogP contribution in [0.25, 0.3) is 11.0 Å². The second-order valence-electron chi connectivity index (χ2n) is 4.84. The minimum absolute atomic E-state index is 0.352. The molecule has 0 saturated carbocycles. The van der Waals surface area contributed by atoms with Gasteiger partial charge in [-0.25, -0.2) is 4.98 Å². The highest BCUT2D eigenvalue weighted by atomic mass is 35.5. The fourth-order valence-electron chi connectivity index (χ4n) is 2.22. The Hall–Kier alpha value is -1.35. The molecule has 0 aliphatic carbocycles. The van der Waals surface area contributed by atoms with E-state index >= 15 is 0 Å². The summed E-state index contributed by atoms with van der Waals surface area (Å²) in [5.74, 6) is 0.352. The highest BCUT2D eigenvalue weighted by Crippen LogP contribution is 2.20. The van der Waals surface area contributed by atoms with Gasteiger partial charge in [-0.15, -0.1) is 0 Å². The Morgan fingerprint density at radius 1 is 1.32 bits per heavy atom. The summed E-state index contributed by atoms with van der Waals surface area (Å²) in [6.45, 7) is 2.15. The fourth-order valence-corrected chi connectivity index (χ4v) is 2.36. The number of H-pyrrole nitrogens is 1. The number of rotatable bonds is 7. The molecule has 0 atom stereocenters. The molecule has 0 saturated heterocycles. The summed E-state index contributed by atoms with van der Waals surface area (Å²) in [7, 11) is 0. The third-order valence-corrected chi connectivity index (χ3v) is 3.53. The van der Waals surface area contributed by atoms with Crippen LogP contribution in [0.5, 0.6) is 0 Å². The summed E-state index contributed by atoms with van der Waals surface area (Å²) in [5, 5.41) is 1.54. The van der Waals surface area contributed by atoms with Crippen LogP contribution in [-0.2, 0) is 11.2 Å². The van der Waals surface area contributed by atoms with Crippen LogP contribution in [0.3, 0.4) is 0 Å². The average Bonchev–Trinajstić information content (AvgIpc) is 2.79. The predicted octanol–water partition coefficient (Wildman–Crippen LogP) is 4.30. The molecule has 2 aromatic heterocycles. The van der Waals surface area contributed by atoms with Crippen molar-refractivity contribution in [3.05, 3.63) is 29.0 Å². The van der Waals surface area contributed by atoms with E-state index in [0.29, 0.717) is 23.8 Å². The largest absolute Gasteiger partial charge is 0.346 e. The maximum atomic E-state index is 11.8. The molecule has 102 valence electrons. The van der Waals surface area contributed by atoms with E-state index in [1.807, 2.05) is 12.3 Å². The van der Waals surface area contributed by atoms with E-state index in [2.05, 4.69) is 16.9 Å². The molecule has 0 fully saturated rings. The van der Waals surface area contributed by atoms with Crippen LogP contribution >= 0.6 is 11.6 Å². The Balaban J connectivity index is 1.93. The molecule has 19 heavy (non-hydrogen) atoms. The normalized spacial score (nSPS) is 11.1. The van der Waals surface area contributed by atoms with Gasteiger partial charge in [-0.3, -0.25) is 4.79 Å². The lowest BCUT2D eigenvalue weighted by atomic mass is 10.0. The van der Waals surface area contributed by atoms with Crippen LogP contribution in [0.4, 0.5) is 0 Å². The maximum absolute atomic E-state index is 11.8. The van der Waals surface area contributed by atoms with Crippen LogP contribution in [0.2, 0.25) is 5.15 Å². The zero-order valence-electron chi connectivity index (χ0n) is 11.2. The first-order valence-corrected chi connectivity index (χ1v) is 7.22. The lowest BCUT2D eigenvalue weighted by Gasteiger charge is -2.00. The number of hydrogen-bond donors (Lipinski definition) is 1. The zero-order chi connectivity index (χ0) is 13.7. The summed E-state index contributed by atoms with van der Waals surface area (Å²) in [6.07, 6.45) is 7.32. The third-order valence-electron chi connectivity index (χ3n) is 3.32. The predicted molar refractivity (Wildman–Crippen MR) is 78.6 cm³/mol. The molecule has 2 aromatic rings. The number of fused-ring (bicyclic) bond motifs is 1. The number of pyridine rings is 1. The number of halogens is 1. The molecular formula is C15H19ClN2O. The van der Waals surface area contributed by atoms with Gasteiger partial charge in [-0.2, -0.15) is 0 Å². The summed E-state index contributed by atoms with van der Waals surface area (Å²) in [6, 6.07) is 3.74. The van der Waals surface area contributed by atoms with Crippen LogP contribution in [-0.4, -0.2) is 15.8 Å². The van der Waals surface area contributed by atoms with Gasteiger partial charge in [-0.1, -0.05) is 31.4 Å². The first kappa shape index (κ1) is 14.1. The molecule has 0 aromatic carbocycles. The van der Waals surface area contributed by atoms with Gasteiger partial charge in [0.2, 0.25) is 0 Å². The van der Waals surface area contributed by atoms with Crippen LogP contribution in [0.1, 0.15) is 44.6 Å². The smallest absolute Gasteiger partial charge is 0.139 e. The number of hydrogen-bond acceptors (Lipinski definition) is 2. The molecular weight excluding hydrogens is 260 g/mol. The maximum Gasteiger partial charge on any atom is 0.139 e. The minimum Gasteiger partial charge on any atom is -0.346 e. The van der Waals surface area contributed by atoms with E-state index in [0.717, 1.165) is 42.3 Å². The van der Waals surface area contributed by atoms with Gasteiger partial charge >= 0.3 is 0 Å². The van der Waals surface area contributed by atoms with E-state index in [-0.39, 0.29) is 0 Å². The van der Waals surface area contributed by atoms with E-state index in [1.165, 1.54) is 0 Å². The third kappa shape index (κ3) is 3.80. The number of nitrogens with one attached hydrogen (secondary N) is 1. The van der Waals surface area contributed by atoms with Crippen LogP contribution in [0.15, 0.2) is 18.3 Å². The molecule has 2 rings (SSSR count). The van der Waals surface area contributed by atoms with Crippen molar-refractivity contribution in [2.75, 3.05) is 0 Å². The Kier molecular flexibility index (Phi) is 4.97. The number of aromatic amines is 1. The molecule has 0 amide bonds. The Morgan fingerprint density at radius 2 is 2.16 bits per heavy atom. The van der Waals surface area contributed by atoms with Crippen molar-refractivity contribution >= 4 is 28.4 Å². The summed E-state index contributed by atoms with van der Waals surface area (Å²) < 4.78 is 0. The molecule has 3 nitrogen and oxygen atoms in total. The van der Waals surface area contributed by atoms with Crippen molar-refractivity contribution in [2.45, 2.75) is 45.4 Å². The van der Waals surface area contributed by atoms with Gasteiger partial charge in [0.15, 0.2) is 0 Å². The number of ketones is 1. The van der Waals surface area contributed by atoms with E-state index < -0.39 is 0 Å². The summed E-state index contributed by atoms with van der Waals surface area (Å²) in [4.78, 5) is 19.1. The van der Waals surface area contributed by atoms with Crippen LogP contribution in [0, 0.1) is 0 Å². The molecule has 1 N–H and O–H groups in total. The number of aromatic nitrogens is 2. The number of carbonyl (C=O) groups excluding carboxylic acids is 1. The second-order valence-corrected chi connectivity index (χ2v) is 5.23. The number of nitrogens with zero attached hydrogens (tertiary/aromatic N) is 1. The molecule has 0 bridgehead atoms. The minimum atomic E-state index is 0.352.